The molecule has 0 aliphatic carbocycles. The molecule has 0 N–H and O–H groups in total. The van der Waals surface area contributed by atoms with Crippen molar-refractivity contribution in [2.45, 2.75) is 26.8 Å². The van der Waals surface area contributed by atoms with E-state index in [2.05, 4.69) is 4.74 Å². The van der Waals surface area contributed by atoms with Gasteiger partial charge in [-0.1, -0.05) is 6.07 Å². The van der Waals surface area contributed by atoms with Gasteiger partial charge in [0, 0.05) is 41.5 Å². The van der Waals surface area contributed by atoms with E-state index in [0.717, 1.165) is 27.8 Å². The number of aromatic nitrogens is 2. The van der Waals surface area contributed by atoms with Gasteiger partial charge in [-0.25, -0.2) is 0 Å². The molecule has 7 nitrogen and oxygen atoms in total. The Morgan fingerprint density at radius 1 is 0.865 bits per heavy atom. The Morgan fingerprint density at radius 2 is 1.54 bits per heavy atom. The molecule has 0 saturated carbocycles. The van der Waals surface area contributed by atoms with Crippen LogP contribution in [0.1, 0.15) is 22.3 Å². The Hall–Kier alpha value is -4.78. The molecule has 0 unspecified atom stereocenters. The van der Waals surface area contributed by atoms with E-state index in [-0.39, 0.29) is 23.4 Å². The zero-order valence-electron chi connectivity index (χ0n) is 19.7. The lowest BCUT2D eigenvalue weighted by Gasteiger charge is -2.14. The number of benzene rings is 2. The predicted molar refractivity (Wildman–Crippen MR) is 129 cm³/mol. The van der Waals surface area contributed by atoms with Crippen molar-refractivity contribution in [2.24, 2.45) is 0 Å². The van der Waals surface area contributed by atoms with Crippen LogP contribution in [0.4, 0.5) is 13.2 Å². The van der Waals surface area contributed by atoms with Crippen LogP contribution >= 0.6 is 0 Å². The summed E-state index contributed by atoms with van der Waals surface area (Å²) in [7, 11) is 0. The molecule has 4 aromatic rings. The van der Waals surface area contributed by atoms with Gasteiger partial charge in [0.15, 0.2) is 0 Å². The van der Waals surface area contributed by atoms with Crippen LogP contribution in [0.3, 0.4) is 0 Å². The first-order valence-corrected chi connectivity index (χ1v) is 11.0. The second-order valence-corrected chi connectivity index (χ2v) is 8.23. The van der Waals surface area contributed by atoms with E-state index in [1.165, 1.54) is 35.0 Å². The first-order valence-electron chi connectivity index (χ1n) is 11.0. The van der Waals surface area contributed by atoms with Gasteiger partial charge in [-0.3, -0.25) is 18.7 Å². The van der Waals surface area contributed by atoms with Crippen LogP contribution in [-0.4, -0.2) is 15.5 Å². The summed E-state index contributed by atoms with van der Waals surface area (Å²) in [4.78, 5) is 24.9. The van der Waals surface area contributed by atoms with E-state index >= 15 is 0 Å². The third-order valence-electron chi connectivity index (χ3n) is 5.49. The van der Waals surface area contributed by atoms with Gasteiger partial charge in [-0.15, -0.1) is 13.2 Å². The third-order valence-corrected chi connectivity index (χ3v) is 5.49. The van der Waals surface area contributed by atoms with Crippen LogP contribution in [0.5, 0.6) is 11.5 Å². The quantitative estimate of drug-likeness (QED) is 0.369. The predicted octanol–water partition coefficient (Wildman–Crippen LogP) is 4.95. The SMILES string of the molecule is Cc1ccc(=O)n(-c2ccc(OCc3cc(=O)n(-c4ccc(OC(F)(F)F)cc4)cc3C#N)c(C)c2)c1. The fourth-order valence-corrected chi connectivity index (χ4v) is 3.70. The fourth-order valence-electron chi connectivity index (χ4n) is 3.70. The minimum absolute atomic E-state index is 0.0675. The van der Waals surface area contributed by atoms with Crippen LogP contribution in [0.15, 0.2) is 82.6 Å². The Labute approximate surface area is 209 Å². The van der Waals surface area contributed by atoms with Crippen molar-refractivity contribution in [1.82, 2.24) is 9.13 Å². The maximum atomic E-state index is 12.7. The van der Waals surface area contributed by atoms with Crippen LogP contribution in [-0.2, 0) is 6.61 Å². The highest BCUT2D eigenvalue weighted by Crippen LogP contribution is 2.25. The van der Waals surface area contributed by atoms with Crippen molar-refractivity contribution in [3.8, 4) is 28.9 Å². The molecule has 10 heteroatoms. The van der Waals surface area contributed by atoms with Crippen molar-refractivity contribution >= 4 is 0 Å². The van der Waals surface area contributed by atoms with Gasteiger partial charge < -0.3 is 9.47 Å². The molecule has 0 aliphatic rings. The molecule has 0 radical (unpaired) electrons. The molecule has 0 aliphatic heterocycles. The Bertz CT molecular complexity index is 1610. The molecule has 188 valence electrons. The maximum Gasteiger partial charge on any atom is 0.573 e. The summed E-state index contributed by atoms with van der Waals surface area (Å²) in [5.41, 5.74) is 2.47. The smallest absolute Gasteiger partial charge is 0.489 e. The van der Waals surface area contributed by atoms with Crippen molar-refractivity contribution in [1.29, 1.82) is 5.26 Å². The van der Waals surface area contributed by atoms with Crippen molar-refractivity contribution in [3.63, 3.8) is 0 Å². The van der Waals surface area contributed by atoms with Gasteiger partial charge in [0.25, 0.3) is 11.1 Å². The molecule has 2 heterocycles. The Morgan fingerprint density at radius 3 is 2.19 bits per heavy atom. The molecule has 2 aromatic carbocycles. The molecular weight excluding hydrogens is 487 g/mol. The molecule has 2 aromatic heterocycles. The topological polar surface area (TPSA) is 86.2 Å². The largest absolute Gasteiger partial charge is 0.573 e. The lowest BCUT2D eigenvalue weighted by atomic mass is 10.1. The standard InChI is InChI=1S/C27H20F3N3O4/c1-17-3-10-25(34)32(14-17)22-6-9-24(18(2)11-22)36-16-19-12-26(35)33(15-20(19)13-31)21-4-7-23(8-5-21)37-27(28,29)30/h3-12,14-15H,16H2,1-2H3. The highest BCUT2D eigenvalue weighted by atomic mass is 19.4. The minimum atomic E-state index is -4.83. The summed E-state index contributed by atoms with van der Waals surface area (Å²) in [5.74, 6) is 0.0845. The average molecular weight is 507 g/mol. The van der Waals surface area contributed by atoms with Gasteiger partial charge >= 0.3 is 6.36 Å². The van der Waals surface area contributed by atoms with E-state index in [1.807, 2.05) is 19.9 Å². The number of pyridine rings is 2. The average Bonchev–Trinajstić information content (AvgIpc) is 2.84. The van der Waals surface area contributed by atoms with Crippen LogP contribution < -0.4 is 20.6 Å². The lowest BCUT2D eigenvalue weighted by molar-refractivity contribution is -0.274. The lowest BCUT2D eigenvalue weighted by Crippen LogP contribution is -2.20. The number of hydrogen-bond donors (Lipinski definition) is 0. The minimum Gasteiger partial charge on any atom is -0.489 e. The van der Waals surface area contributed by atoms with Crippen LogP contribution in [0.2, 0.25) is 0 Å². The summed E-state index contributed by atoms with van der Waals surface area (Å²) in [6.07, 6.45) is -1.78. The molecule has 0 amide bonds. The summed E-state index contributed by atoms with van der Waals surface area (Å²) >= 11 is 0. The summed E-state index contributed by atoms with van der Waals surface area (Å²) < 4.78 is 49.5. The van der Waals surface area contributed by atoms with E-state index in [9.17, 15) is 28.0 Å². The number of aryl methyl sites for hydroxylation is 2. The number of rotatable bonds is 6. The zero-order valence-corrected chi connectivity index (χ0v) is 19.7. The normalized spacial score (nSPS) is 11.1. The van der Waals surface area contributed by atoms with Gasteiger partial charge in [0.05, 0.1) is 5.56 Å². The highest BCUT2D eigenvalue weighted by Gasteiger charge is 2.31. The van der Waals surface area contributed by atoms with Gasteiger partial charge in [-0.05, 0) is 67.4 Å². The van der Waals surface area contributed by atoms with Gasteiger partial charge in [-0.2, -0.15) is 5.26 Å². The van der Waals surface area contributed by atoms with Crippen LogP contribution in [0.25, 0.3) is 11.4 Å². The summed E-state index contributed by atoms with van der Waals surface area (Å²) in [6, 6.07) is 16.5. The Balaban J connectivity index is 1.55. The molecule has 4 rings (SSSR count). The number of ether oxygens (including phenoxy) is 2. The number of alkyl halides is 3. The zero-order chi connectivity index (χ0) is 26.7. The Kier molecular flexibility index (Phi) is 6.89. The van der Waals surface area contributed by atoms with Crippen LogP contribution in [0, 0.1) is 25.2 Å². The molecule has 0 saturated heterocycles. The first kappa shape index (κ1) is 25.3. The third kappa shape index (κ3) is 5.90. The number of nitriles is 1. The molecule has 0 bridgehead atoms. The maximum absolute atomic E-state index is 12.7. The molecule has 37 heavy (non-hydrogen) atoms. The van der Waals surface area contributed by atoms with E-state index in [0.29, 0.717) is 17.0 Å². The van der Waals surface area contributed by atoms with Crippen molar-refractivity contribution < 1.29 is 22.6 Å². The van der Waals surface area contributed by atoms with Crippen molar-refractivity contribution in [3.05, 3.63) is 116 Å². The number of halogens is 3. The summed E-state index contributed by atoms with van der Waals surface area (Å²) in [6.45, 7) is 3.63. The molecule has 0 fully saturated rings. The summed E-state index contributed by atoms with van der Waals surface area (Å²) in [5, 5.41) is 9.62. The van der Waals surface area contributed by atoms with E-state index < -0.39 is 17.7 Å². The second-order valence-electron chi connectivity index (χ2n) is 8.23. The van der Waals surface area contributed by atoms with E-state index in [4.69, 9.17) is 4.74 Å². The number of nitrogens with zero attached hydrogens (tertiary/aromatic N) is 3. The van der Waals surface area contributed by atoms with Crippen molar-refractivity contribution in [2.75, 3.05) is 0 Å². The molecular formula is C27H20F3N3O4. The second kappa shape index (κ2) is 10.1. The van der Waals surface area contributed by atoms with E-state index in [1.54, 1.807) is 30.5 Å². The number of hydrogen-bond acceptors (Lipinski definition) is 5. The monoisotopic (exact) mass is 507 g/mol. The van der Waals surface area contributed by atoms with Gasteiger partial charge in [0.2, 0.25) is 0 Å². The first-order chi connectivity index (χ1) is 17.5. The molecule has 0 spiro atoms. The molecule has 0 atom stereocenters. The fraction of sp³-hybridized carbons (Fsp3) is 0.148. The highest BCUT2D eigenvalue weighted by molar-refractivity contribution is 5.45. The van der Waals surface area contributed by atoms with Gasteiger partial charge in [0.1, 0.15) is 24.2 Å².